The van der Waals surface area contributed by atoms with Crippen molar-refractivity contribution in [3.8, 4) is 5.75 Å². The Bertz CT molecular complexity index is 948. The Morgan fingerprint density at radius 1 is 1.10 bits per heavy atom. The van der Waals surface area contributed by atoms with Crippen LogP contribution in [0.4, 0.5) is 30.2 Å². The van der Waals surface area contributed by atoms with Crippen LogP contribution in [-0.4, -0.2) is 50.1 Å². The van der Waals surface area contributed by atoms with Crippen LogP contribution in [0.1, 0.15) is 10.4 Å². The van der Waals surface area contributed by atoms with Crippen molar-refractivity contribution >= 4 is 48.9 Å². The van der Waals surface area contributed by atoms with Crippen LogP contribution in [-0.2, 0) is 4.74 Å². The summed E-state index contributed by atoms with van der Waals surface area (Å²) in [6, 6.07) is 9.01. The van der Waals surface area contributed by atoms with E-state index in [2.05, 4.69) is 44.8 Å². The van der Waals surface area contributed by atoms with Crippen molar-refractivity contribution < 1.29 is 27.4 Å². The normalized spacial score (nSPS) is 14.5. The number of fused-ring (bicyclic) bond motifs is 2. The summed E-state index contributed by atoms with van der Waals surface area (Å²) < 4.78 is 48.6. The lowest BCUT2D eigenvalue weighted by Gasteiger charge is -2.27. The van der Waals surface area contributed by atoms with Crippen LogP contribution in [0.15, 0.2) is 40.9 Å². The van der Waals surface area contributed by atoms with Gasteiger partial charge in [0.1, 0.15) is 12.5 Å². The number of rotatable bonds is 6. The van der Waals surface area contributed by atoms with Gasteiger partial charge in [0.2, 0.25) is 0 Å². The predicted molar refractivity (Wildman–Crippen MR) is 118 cm³/mol. The van der Waals surface area contributed by atoms with Crippen LogP contribution in [0.3, 0.4) is 0 Å². The molecule has 2 aromatic rings. The van der Waals surface area contributed by atoms with Crippen LogP contribution in [0.5, 0.6) is 5.75 Å². The van der Waals surface area contributed by atoms with Gasteiger partial charge in [-0.1, -0.05) is 15.9 Å². The van der Waals surface area contributed by atoms with Gasteiger partial charge in [-0.25, -0.2) is 10.0 Å². The Morgan fingerprint density at radius 2 is 1.80 bits per heavy atom. The molecular formula is C20H22BrF3N2O3S. The van der Waals surface area contributed by atoms with E-state index in [1.807, 2.05) is 0 Å². The van der Waals surface area contributed by atoms with Gasteiger partial charge in [-0.05, 0) is 49.1 Å². The maximum Gasteiger partial charge on any atom is 0.573 e. The van der Waals surface area contributed by atoms with Gasteiger partial charge in [0, 0.05) is 16.3 Å². The van der Waals surface area contributed by atoms with E-state index in [1.165, 1.54) is 23.1 Å². The minimum atomic E-state index is -4.83. The molecule has 0 radical (unpaired) electrons. The zero-order valence-electron chi connectivity index (χ0n) is 16.7. The molecule has 1 N–H and O–H groups in total. The van der Waals surface area contributed by atoms with E-state index in [9.17, 15) is 18.0 Å². The molecule has 2 aromatic carbocycles. The third-order valence-corrected chi connectivity index (χ3v) is 6.17. The molecule has 0 bridgehead atoms. The summed E-state index contributed by atoms with van der Waals surface area (Å²) in [5.41, 5.74) is 1.65. The van der Waals surface area contributed by atoms with Gasteiger partial charge in [0.05, 0.1) is 29.2 Å². The number of halogens is 4. The average molecular weight is 507 g/mol. The number of ether oxygens (including phenoxy) is 2. The number of nitrogens with one attached hydrogen (secondary N) is 1. The molecule has 0 fully saturated rings. The zero-order valence-corrected chi connectivity index (χ0v) is 19.1. The van der Waals surface area contributed by atoms with E-state index < -0.39 is 22.1 Å². The van der Waals surface area contributed by atoms with Crippen molar-refractivity contribution in [2.45, 2.75) is 6.36 Å². The van der Waals surface area contributed by atoms with E-state index in [-0.39, 0.29) is 18.3 Å². The van der Waals surface area contributed by atoms with Crippen molar-refractivity contribution in [1.29, 1.82) is 0 Å². The monoisotopic (exact) mass is 506 g/mol. The fraction of sp³-hybridized carbons (Fsp3) is 0.350. The molecule has 5 nitrogen and oxygen atoms in total. The van der Waals surface area contributed by atoms with Crippen LogP contribution < -0.4 is 15.0 Å². The van der Waals surface area contributed by atoms with Crippen molar-refractivity contribution in [2.75, 3.05) is 48.1 Å². The smallest absolute Gasteiger partial charge is 0.406 e. The van der Waals surface area contributed by atoms with Crippen LogP contribution in [0.25, 0.3) is 0 Å². The molecule has 1 heterocycles. The Labute approximate surface area is 183 Å². The number of amides is 1. The standard InChI is InChI=1S/C20H22BrF3N2O3S/c1-30(2,3)9-8-28-12-26-18-11-14(29-20(22,23)24)5-7-17(18)25-16-6-4-13(21)10-15(16)19(26)27/h4-7,10-11,25H,8-9,12H2,1-3H3. The Kier molecular flexibility index (Phi) is 6.59. The van der Waals surface area contributed by atoms with E-state index in [1.54, 1.807) is 18.2 Å². The number of carbonyl (C=O) groups is 1. The summed E-state index contributed by atoms with van der Waals surface area (Å²) in [6.45, 7) is 0.347. The van der Waals surface area contributed by atoms with E-state index in [4.69, 9.17) is 4.74 Å². The maximum atomic E-state index is 13.3. The summed E-state index contributed by atoms with van der Waals surface area (Å²) in [4.78, 5) is 14.6. The third kappa shape index (κ3) is 5.83. The van der Waals surface area contributed by atoms with Crippen LogP contribution >= 0.6 is 26.0 Å². The lowest BCUT2D eigenvalue weighted by atomic mass is 10.1. The topological polar surface area (TPSA) is 50.8 Å². The predicted octanol–water partition coefficient (Wildman–Crippen LogP) is 5.72. The quantitative estimate of drug-likeness (QED) is 0.509. The minimum Gasteiger partial charge on any atom is -0.406 e. The second-order valence-corrected chi connectivity index (χ2v) is 13.1. The van der Waals surface area contributed by atoms with Gasteiger partial charge in [-0.2, -0.15) is 0 Å². The molecular weight excluding hydrogens is 485 g/mol. The molecule has 30 heavy (non-hydrogen) atoms. The molecule has 0 atom stereocenters. The lowest BCUT2D eigenvalue weighted by molar-refractivity contribution is -0.274. The Morgan fingerprint density at radius 3 is 2.47 bits per heavy atom. The van der Waals surface area contributed by atoms with E-state index in [0.717, 1.165) is 5.75 Å². The number of hydrogen-bond acceptors (Lipinski definition) is 4. The van der Waals surface area contributed by atoms with Crippen molar-refractivity contribution in [3.05, 3.63) is 46.4 Å². The van der Waals surface area contributed by atoms with E-state index >= 15 is 0 Å². The number of hydrogen-bond donors (Lipinski definition) is 1. The molecule has 0 aromatic heterocycles. The SMILES string of the molecule is CS(C)(C)CCOCN1C(=O)c2cc(Br)ccc2Nc2ccc(OC(F)(F)F)cc21. The molecule has 10 heteroatoms. The molecule has 3 rings (SSSR count). The second-order valence-electron chi connectivity index (χ2n) is 7.61. The van der Waals surface area contributed by atoms with Crippen LogP contribution in [0.2, 0.25) is 0 Å². The van der Waals surface area contributed by atoms with Crippen molar-refractivity contribution in [2.24, 2.45) is 0 Å². The molecule has 0 saturated carbocycles. The Hall–Kier alpha value is -1.91. The highest BCUT2D eigenvalue weighted by Gasteiger charge is 2.33. The first kappa shape index (κ1) is 22.8. The van der Waals surface area contributed by atoms with Gasteiger partial charge in [-0.3, -0.25) is 9.69 Å². The highest BCUT2D eigenvalue weighted by atomic mass is 79.9. The van der Waals surface area contributed by atoms with Crippen molar-refractivity contribution in [1.82, 2.24) is 0 Å². The number of carbonyl (C=O) groups excluding carboxylic acids is 1. The van der Waals surface area contributed by atoms with Gasteiger partial charge >= 0.3 is 6.36 Å². The second kappa shape index (κ2) is 8.68. The van der Waals surface area contributed by atoms with Gasteiger partial charge < -0.3 is 14.8 Å². The number of anilines is 3. The summed E-state index contributed by atoms with van der Waals surface area (Å²) in [7, 11) is -0.782. The van der Waals surface area contributed by atoms with Crippen molar-refractivity contribution in [3.63, 3.8) is 0 Å². The van der Waals surface area contributed by atoms with Gasteiger partial charge in [-0.15, -0.1) is 13.2 Å². The molecule has 1 amide bonds. The fourth-order valence-corrected chi connectivity index (χ4v) is 3.81. The summed E-state index contributed by atoms with van der Waals surface area (Å²) in [6.07, 6.45) is 1.63. The number of alkyl halides is 3. The van der Waals surface area contributed by atoms with Crippen LogP contribution in [0, 0.1) is 0 Å². The summed E-state index contributed by atoms with van der Waals surface area (Å²) >= 11 is 3.36. The summed E-state index contributed by atoms with van der Waals surface area (Å²) in [5.74, 6) is 0.0522. The van der Waals surface area contributed by atoms with Gasteiger partial charge in [0.15, 0.2) is 0 Å². The molecule has 164 valence electrons. The minimum absolute atomic E-state index is 0.0928. The first-order chi connectivity index (χ1) is 13.9. The van der Waals surface area contributed by atoms with E-state index in [0.29, 0.717) is 28.0 Å². The molecule has 0 unspecified atom stereocenters. The molecule has 1 aliphatic heterocycles. The highest BCUT2D eigenvalue weighted by Crippen LogP contribution is 2.40. The zero-order chi connectivity index (χ0) is 22.1. The first-order valence-electron chi connectivity index (χ1n) is 8.95. The maximum absolute atomic E-state index is 13.3. The molecule has 0 aliphatic carbocycles. The average Bonchev–Trinajstić information content (AvgIpc) is 2.72. The summed E-state index contributed by atoms with van der Waals surface area (Å²) in [5, 5.41) is 3.12. The lowest BCUT2D eigenvalue weighted by Crippen LogP contribution is -2.33. The molecule has 0 saturated heterocycles. The first-order valence-corrected chi connectivity index (χ1v) is 12.8. The fourth-order valence-electron chi connectivity index (χ4n) is 2.83. The molecule has 0 spiro atoms. The van der Waals surface area contributed by atoms with Gasteiger partial charge in [0.25, 0.3) is 5.91 Å². The Balaban J connectivity index is 1.96. The highest BCUT2D eigenvalue weighted by molar-refractivity contribution is 9.10. The number of benzene rings is 2. The third-order valence-electron chi connectivity index (χ3n) is 4.28. The molecule has 1 aliphatic rings. The largest absolute Gasteiger partial charge is 0.573 e. The number of nitrogens with zero attached hydrogens (tertiary/aromatic N) is 1.